The summed E-state index contributed by atoms with van der Waals surface area (Å²) in [5.74, 6) is 0. The summed E-state index contributed by atoms with van der Waals surface area (Å²) >= 11 is 0. The molecule has 6 aliphatic heterocycles. The fourth-order valence-electron chi connectivity index (χ4n) is 12.4. The number of rotatable bonds is 22. The van der Waals surface area contributed by atoms with E-state index in [1.54, 1.807) is 48.5 Å². The lowest BCUT2D eigenvalue weighted by molar-refractivity contribution is -0.218. The van der Waals surface area contributed by atoms with Crippen molar-refractivity contribution < 1.29 is 56.8 Å². The Bertz CT molecular complexity index is 3670. The summed E-state index contributed by atoms with van der Waals surface area (Å²) in [5.41, 5.74) is 9.92. The maximum absolute atomic E-state index is 8.83. The summed E-state index contributed by atoms with van der Waals surface area (Å²) in [6.07, 6.45) is 25.1. The van der Waals surface area contributed by atoms with Crippen LogP contribution in [0.15, 0.2) is 146 Å². The number of ether oxygens (including phenoxy) is 12. The van der Waals surface area contributed by atoms with Crippen molar-refractivity contribution in [3.63, 3.8) is 0 Å². The Labute approximate surface area is 630 Å². The van der Waals surface area contributed by atoms with E-state index in [4.69, 9.17) is 88.4 Å². The second-order valence-corrected chi connectivity index (χ2v) is 27.1. The molecule has 106 heavy (non-hydrogen) atoms. The molecule has 12 atom stereocenters. The number of nitrogens with zero attached hydrogens (tertiary/aromatic N) is 6. The van der Waals surface area contributed by atoms with Gasteiger partial charge in [0.15, 0.2) is 37.7 Å². The van der Waals surface area contributed by atoms with E-state index in [9.17, 15) is 0 Å². The van der Waals surface area contributed by atoms with Gasteiger partial charge >= 0.3 is 0 Å². The fraction of sp³-hybridized carbons (Fsp3) is 0.523. The Morgan fingerprint density at radius 2 is 0.481 bits per heavy atom. The molecule has 0 aliphatic carbocycles. The summed E-state index contributed by atoms with van der Waals surface area (Å²) in [4.78, 5) is 0. The minimum absolute atomic E-state index is 0.236. The zero-order valence-electron chi connectivity index (χ0n) is 63.2. The minimum atomic E-state index is -0.276. The predicted octanol–water partition coefficient (Wildman–Crippen LogP) is 20.5. The van der Waals surface area contributed by atoms with E-state index in [1.807, 2.05) is 104 Å². The van der Waals surface area contributed by atoms with Crippen molar-refractivity contribution in [1.29, 1.82) is 31.6 Å². The highest BCUT2D eigenvalue weighted by molar-refractivity contribution is 5.36. The zero-order valence-corrected chi connectivity index (χ0v) is 63.2. The Hall–Kier alpha value is -8.22. The molecule has 6 saturated heterocycles. The molecule has 0 saturated carbocycles. The highest BCUT2D eigenvalue weighted by Gasteiger charge is 2.29. The summed E-state index contributed by atoms with van der Waals surface area (Å²) in [5, 5.41) is 52.5. The van der Waals surface area contributed by atoms with Gasteiger partial charge in [0.25, 0.3) is 0 Å². The molecule has 6 heterocycles. The van der Waals surface area contributed by atoms with Gasteiger partial charge < -0.3 is 56.8 Å². The first-order valence-electron chi connectivity index (χ1n) is 38.6. The smallest absolute Gasteiger partial charge is 0.184 e. The van der Waals surface area contributed by atoms with Crippen LogP contribution in [0.1, 0.15) is 287 Å². The monoisotopic (exact) mass is 1440 g/mol. The lowest BCUT2D eigenvalue weighted by Gasteiger charge is -2.30. The first-order valence-corrected chi connectivity index (χ1v) is 38.6. The molecule has 12 unspecified atom stereocenters. The van der Waals surface area contributed by atoms with Crippen LogP contribution in [-0.2, 0) is 56.8 Å². The molecule has 6 aliphatic rings. The fourth-order valence-corrected chi connectivity index (χ4v) is 12.4. The third-order valence-electron chi connectivity index (χ3n) is 18.9. The lowest BCUT2D eigenvalue weighted by Crippen LogP contribution is -2.27. The van der Waals surface area contributed by atoms with Crippen LogP contribution in [-0.4, -0.2) is 76.3 Å². The molecule has 564 valence electrons. The van der Waals surface area contributed by atoms with E-state index < -0.39 is 0 Å². The average molecular weight is 1440 g/mol. The van der Waals surface area contributed by atoms with Crippen LogP contribution >= 0.6 is 0 Å². The van der Waals surface area contributed by atoms with E-state index in [0.29, 0.717) is 57.8 Å². The molecule has 18 nitrogen and oxygen atoms in total. The van der Waals surface area contributed by atoms with Crippen molar-refractivity contribution >= 4 is 0 Å². The SMILES string of the molecule is CC1CCOC(c2ccc(C#N)cc2)O1.CCC1CCOC(c2ccc(C#N)cc2)O1.CCCC1CCOC(c2ccc(C#N)cc2)O1.CCCCC1CCOC(c2ccc(C#N)cc2)O1.CCCCCC1CCOC(c2ccc(C#N)cc2)O1.CCCCCCCC1CCOC(c2ccc(C#N)cc2)O1. The van der Waals surface area contributed by atoms with Crippen molar-refractivity contribution in [3.05, 3.63) is 212 Å². The number of unbranched alkanes of at least 4 members (excludes halogenated alkanes) is 7. The maximum atomic E-state index is 8.83. The molecule has 0 bridgehead atoms. The van der Waals surface area contributed by atoms with Crippen LogP contribution in [0.3, 0.4) is 0 Å². The van der Waals surface area contributed by atoms with Gasteiger partial charge in [-0.2, -0.15) is 31.6 Å². The van der Waals surface area contributed by atoms with Gasteiger partial charge in [0.1, 0.15) is 0 Å². The van der Waals surface area contributed by atoms with Crippen LogP contribution in [0, 0.1) is 68.0 Å². The van der Waals surface area contributed by atoms with Crippen LogP contribution < -0.4 is 0 Å². The first-order chi connectivity index (χ1) is 51.9. The quantitative estimate of drug-likeness (QED) is 0.0572. The summed E-state index contributed by atoms with van der Waals surface area (Å²) in [6.45, 7) is 17.4. The van der Waals surface area contributed by atoms with Gasteiger partial charge in [-0.1, -0.05) is 178 Å². The van der Waals surface area contributed by atoms with Crippen molar-refractivity contribution in [2.75, 3.05) is 39.6 Å². The normalized spacial score (nSPS) is 23.8. The highest BCUT2D eigenvalue weighted by Crippen LogP contribution is 2.34. The topological polar surface area (TPSA) is 253 Å². The van der Waals surface area contributed by atoms with Gasteiger partial charge in [-0.3, -0.25) is 0 Å². The molecule has 0 radical (unpaired) electrons. The molecule has 0 aromatic heterocycles. The molecule has 6 aromatic rings. The number of nitriles is 6. The second-order valence-electron chi connectivity index (χ2n) is 27.1. The zero-order chi connectivity index (χ0) is 75.4. The van der Waals surface area contributed by atoms with E-state index in [0.717, 1.165) is 150 Å². The maximum Gasteiger partial charge on any atom is 0.184 e. The molecule has 0 amide bonds. The van der Waals surface area contributed by atoms with Crippen molar-refractivity contribution in [3.8, 4) is 36.4 Å². The number of hydrogen-bond donors (Lipinski definition) is 0. The lowest BCUT2D eigenvalue weighted by atomic mass is 10.1. The molecular formula is C88H110N6O12. The number of benzene rings is 6. The third-order valence-corrected chi connectivity index (χ3v) is 18.9. The average Bonchev–Trinajstić information content (AvgIpc) is 0.887. The van der Waals surface area contributed by atoms with E-state index in [-0.39, 0.29) is 49.9 Å². The first kappa shape index (κ1) is 85.0. The summed E-state index contributed by atoms with van der Waals surface area (Å²) in [7, 11) is 0. The number of hydrogen-bond acceptors (Lipinski definition) is 18. The van der Waals surface area contributed by atoms with Crippen molar-refractivity contribution in [2.45, 2.75) is 257 Å². The molecule has 12 rings (SSSR count). The summed E-state index contributed by atoms with van der Waals surface area (Å²) in [6, 6.07) is 57.1. The van der Waals surface area contributed by atoms with E-state index in [1.165, 1.54) is 64.2 Å². The Balaban J connectivity index is 0.000000178. The largest absolute Gasteiger partial charge is 0.348 e. The molecule has 6 aromatic carbocycles. The predicted molar refractivity (Wildman–Crippen MR) is 404 cm³/mol. The van der Waals surface area contributed by atoms with Gasteiger partial charge in [0, 0.05) is 33.4 Å². The van der Waals surface area contributed by atoms with E-state index in [2.05, 4.69) is 71.0 Å². The molecule has 0 spiro atoms. The molecule has 6 fully saturated rings. The molecule has 0 N–H and O–H groups in total. The summed E-state index contributed by atoms with van der Waals surface area (Å²) < 4.78 is 69.0. The minimum Gasteiger partial charge on any atom is -0.348 e. The van der Waals surface area contributed by atoms with Crippen molar-refractivity contribution in [2.24, 2.45) is 0 Å². The van der Waals surface area contributed by atoms with Crippen LogP contribution in [0.5, 0.6) is 0 Å². The van der Waals surface area contributed by atoms with Gasteiger partial charge in [-0.05, 0) is 150 Å². The van der Waals surface area contributed by atoms with Gasteiger partial charge in [0.2, 0.25) is 0 Å². The standard InChI is InChI=1S/C18H25NO2.C16H21NO2.C15H19NO2.C14H17NO2.C13H15NO2.C12H13NO2/c1-2-3-4-5-6-7-17-12-13-20-18(21-17)16-10-8-15(14-19)9-11-16;1-2-3-4-5-15-10-11-18-16(19-15)14-8-6-13(12-17)7-9-14;1-2-3-4-14-9-10-17-15(18-14)13-7-5-12(11-16)6-8-13;1-2-3-13-8-9-16-14(17-13)12-6-4-11(10-15)5-7-12;1-2-12-7-8-15-13(16-12)11-5-3-10(9-14)4-6-11;1-9-6-7-14-12(15-9)11-4-2-10(8-13)3-5-11/h8-11,17-18H,2-7,12-13H2,1H3;6-9,15-16H,2-5,10-11H2,1H3;5-8,14-15H,2-4,9-10H2,1H3;4-7,13-14H,2-3,8-9H2,1H3;3-6,12-13H,2,7-8H2,1H3;2-5,9,12H,6-7H2,1H3. The van der Waals surface area contributed by atoms with Crippen LogP contribution in [0.4, 0.5) is 0 Å². The van der Waals surface area contributed by atoms with Crippen LogP contribution in [0.2, 0.25) is 0 Å². The van der Waals surface area contributed by atoms with Gasteiger partial charge in [0.05, 0.1) is 146 Å². The Morgan fingerprint density at radius 3 is 0.745 bits per heavy atom. The van der Waals surface area contributed by atoms with Gasteiger partial charge in [-0.15, -0.1) is 0 Å². The van der Waals surface area contributed by atoms with E-state index >= 15 is 0 Å². The van der Waals surface area contributed by atoms with Crippen molar-refractivity contribution in [1.82, 2.24) is 0 Å². The van der Waals surface area contributed by atoms with Gasteiger partial charge in [-0.25, -0.2) is 0 Å². The molecular weight excluding hydrogens is 1330 g/mol. The Morgan fingerprint density at radius 1 is 0.255 bits per heavy atom. The van der Waals surface area contributed by atoms with Crippen LogP contribution in [0.25, 0.3) is 0 Å². The second kappa shape index (κ2) is 49.6. The third kappa shape index (κ3) is 30.2. The molecule has 18 heteroatoms. The highest BCUT2D eigenvalue weighted by atomic mass is 16.7. The Kier molecular flexibility index (Phi) is 39.8.